The Balaban J connectivity index is 5.24. The lowest BCUT2D eigenvalue weighted by atomic mass is 10.00. The Kier molecular flexibility index (Phi) is 69.3. The Bertz CT molecular complexity index is 1890. The highest BCUT2D eigenvalue weighted by atomic mass is 31.2. The molecule has 3 unspecified atom stereocenters. The number of aliphatic hydroxyl groups excluding tert-OH is 1. The second kappa shape index (κ2) is 70.7. The van der Waals surface area contributed by atoms with E-state index in [0.717, 1.165) is 108 Å². The fourth-order valence-electron chi connectivity index (χ4n) is 12.2. The number of carbonyl (C=O) groups excluding carboxylic acids is 4. The number of aliphatic hydroxyl groups is 1. The van der Waals surface area contributed by atoms with Gasteiger partial charge in [0.1, 0.15) is 19.3 Å². The van der Waals surface area contributed by atoms with Crippen molar-refractivity contribution in [1.82, 2.24) is 0 Å². The molecule has 0 saturated heterocycles. The summed E-state index contributed by atoms with van der Waals surface area (Å²) in [6, 6.07) is 0. The van der Waals surface area contributed by atoms with Crippen LogP contribution in [0.15, 0.2) is 0 Å². The zero-order chi connectivity index (χ0) is 72.1. The molecule has 0 aromatic heterocycles. The van der Waals surface area contributed by atoms with E-state index >= 15 is 0 Å². The second-order valence-corrected chi connectivity index (χ2v) is 32.1. The molecule has 3 N–H and O–H groups in total. The number of phosphoric acid groups is 2. The van der Waals surface area contributed by atoms with Gasteiger partial charge in [0.15, 0.2) is 12.2 Å². The maximum atomic E-state index is 13.1. The molecule has 0 spiro atoms. The summed E-state index contributed by atoms with van der Waals surface area (Å²) in [7, 11) is -9.92. The minimum absolute atomic E-state index is 0.105. The largest absolute Gasteiger partial charge is 0.472 e. The first-order chi connectivity index (χ1) is 47.4. The molecule has 0 rings (SSSR count). The maximum absolute atomic E-state index is 13.1. The van der Waals surface area contributed by atoms with Gasteiger partial charge in [-0.25, -0.2) is 9.13 Å². The molecule has 0 radical (unpaired) electrons. The van der Waals surface area contributed by atoms with Crippen molar-refractivity contribution in [2.75, 3.05) is 39.6 Å². The monoisotopic (exact) mass is 1440 g/mol. The van der Waals surface area contributed by atoms with E-state index in [1.54, 1.807) is 0 Å². The zero-order valence-corrected chi connectivity index (χ0v) is 65.9. The molecule has 6 atom stereocenters. The third-order valence-corrected chi connectivity index (χ3v) is 20.7. The highest BCUT2D eigenvalue weighted by Gasteiger charge is 2.30. The topological polar surface area (TPSA) is 237 Å². The van der Waals surface area contributed by atoms with E-state index in [0.29, 0.717) is 25.7 Å². The predicted octanol–water partition coefficient (Wildman–Crippen LogP) is 23.5. The number of hydrogen-bond donors (Lipinski definition) is 3. The average Bonchev–Trinajstić information content (AvgIpc) is 0.987. The highest BCUT2D eigenvalue weighted by molar-refractivity contribution is 7.47. The van der Waals surface area contributed by atoms with Crippen LogP contribution >= 0.6 is 15.6 Å². The van der Waals surface area contributed by atoms with Crippen molar-refractivity contribution in [2.24, 2.45) is 11.8 Å². The molecule has 0 saturated carbocycles. The summed E-state index contributed by atoms with van der Waals surface area (Å²) >= 11 is 0. The van der Waals surface area contributed by atoms with Crippen LogP contribution in [0.3, 0.4) is 0 Å². The molecule has 0 bridgehead atoms. The zero-order valence-electron chi connectivity index (χ0n) is 64.1. The molecule has 0 aliphatic rings. The molecular weight excluding hydrogens is 1280 g/mol. The predicted molar refractivity (Wildman–Crippen MR) is 400 cm³/mol. The van der Waals surface area contributed by atoms with Crippen molar-refractivity contribution in [3.63, 3.8) is 0 Å². The van der Waals surface area contributed by atoms with Gasteiger partial charge in [0.25, 0.3) is 0 Å². The van der Waals surface area contributed by atoms with E-state index in [1.165, 1.54) is 225 Å². The van der Waals surface area contributed by atoms with E-state index in [-0.39, 0.29) is 25.7 Å². The van der Waals surface area contributed by atoms with Gasteiger partial charge in [0, 0.05) is 25.7 Å². The molecule has 19 heteroatoms. The molecule has 0 fully saturated rings. The van der Waals surface area contributed by atoms with Crippen LogP contribution in [0.4, 0.5) is 0 Å². The number of rotatable bonds is 78. The van der Waals surface area contributed by atoms with Crippen LogP contribution < -0.4 is 0 Å². The SMILES string of the molecule is CCCCCCCCCCCCCCCCCCCCC(=O)O[C@H](COC(=O)CCCCCCCCCCCCCCCCCCC)COP(=O)(O)OC[C@@H](O)COP(=O)(O)OC[C@@H](COC(=O)CCCCCCCCC(C)CC)OC(=O)CCCCCCCCCCCCC(C)C. The molecule has 0 aromatic carbocycles. The van der Waals surface area contributed by atoms with Crippen molar-refractivity contribution < 1.29 is 80.2 Å². The first-order valence-electron chi connectivity index (χ1n) is 41.0. The second-order valence-electron chi connectivity index (χ2n) is 29.2. The summed E-state index contributed by atoms with van der Waals surface area (Å²) in [5.41, 5.74) is 0. The summed E-state index contributed by atoms with van der Waals surface area (Å²) in [5, 5.41) is 10.6. The fraction of sp³-hybridized carbons (Fsp3) is 0.949. The lowest BCUT2D eigenvalue weighted by Gasteiger charge is -2.21. The first kappa shape index (κ1) is 96.1. The minimum Gasteiger partial charge on any atom is -0.462 e. The summed E-state index contributed by atoms with van der Waals surface area (Å²) in [4.78, 5) is 72.9. The highest BCUT2D eigenvalue weighted by Crippen LogP contribution is 2.45. The number of ether oxygens (including phenoxy) is 4. The molecule has 17 nitrogen and oxygen atoms in total. The molecule has 0 amide bonds. The van der Waals surface area contributed by atoms with E-state index in [9.17, 15) is 43.2 Å². The van der Waals surface area contributed by atoms with E-state index < -0.39 is 97.5 Å². The van der Waals surface area contributed by atoms with Crippen LogP contribution in [-0.2, 0) is 65.4 Å². The van der Waals surface area contributed by atoms with Gasteiger partial charge in [0.2, 0.25) is 0 Å². The van der Waals surface area contributed by atoms with Crippen LogP contribution in [-0.4, -0.2) is 96.7 Å². The summed E-state index contributed by atoms with van der Waals surface area (Å²) in [6.07, 6.45) is 59.7. The van der Waals surface area contributed by atoms with Gasteiger partial charge in [-0.1, -0.05) is 363 Å². The van der Waals surface area contributed by atoms with Crippen molar-refractivity contribution >= 4 is 39.5 Å². The first-order valence-corrected chi connectivity index (χ1v) is 44.0. The normalized spacial score (nSPS) is 14.2. The van der Waals surface area contributed by atoms with Crippen LogP contribution in [0.2, 0.25) is 0 Å². The van der Waals surface area contributed by atoms with E-state index in [1.807, 2.05) is 0 Å². The van der Waals surface area contributed by atoms with Gasteiger partial charge < -0.3 is 33.8 Å². The lowest BCUT2D eigenvalue weighted by Crippen LogP contribution is -2.30. The summed E-state index contributed by atoms with van der Waals surface area (Å²) in [6.45, 7) is 9.57. The van der Waals surface area contributed by atoms with Crippen LogP contribution in [0.5, 0.6) is 0 Å². The fourth-order valence-corrected chi connectivity index (χ4v) is 13.7. The maximum Gasteiger partial charge on any atom is 0.472 e. The number of carbonyl (C=O) groups is 4. The average molecular weight is 1440 g/mol. The summed E-state index contributed by atoms with van der Waals surface area (Å²) < 4.78 is 68.6. The third-order valence-electron chi connectivity index (χ3n) is 18.8. The summed E-state index contributed by atoms with van der Waals surface area (Å²) in [5.74, 6) is -0.629. The van der Waals surface area contributed by atoms with Crippen molar-refractivity contribution in [3.8, 4) is 0 Å². The quantitative estimate of drug-likeness (QED) is 0.0222. The lowest BCUT2D eigenvalue weighted by molar-refractivity contribution is -0.161. The van der Waals surface area contributed by atoms with Gasteiger partial charge in [0.05, 0.1) is 26.4 Å². The number of unbranched alkanes of at least 4 members (excludes halogenated alkanes) is 47. The van der Waals surface area contributed by atoms with Gasteiger partial charge in [-0.3, -0.25) is 37.3 Å². The molecule has 582 valence electrons. The van der Waals surface area contributed by atoms with Crippen molar-refractivity contribution in [1.29, 1.82) is 0 Å². The molecule has 0 aliphatic carbocycles. The smallest absolute Gasteiger partial charge is 0.462 e. The third kappa shape index (κ3) is 71.1. The van der Waals surface area contributed by atoms with E-state index in [4.69, 9.17) is 37.0 Å². The van der Waals surface area contributed by atoms with Gasteiger partial charge in [-0.15, -0.1) is 0 Å². The Hall–Kier alpha value is -1.94. The van der Waals surface area contributed by atoms with Gasteiger partial charge in [-0.05, 0) is 37.5 Å². The van der Waals surface area contributed by atoms with E-state index in [2.05, 4.69) is 41.5 Å². The Labute approximate surface area is 600 Å². The number of esters is 4. The molecule has 0 heterocycles. The minimum atomic E-state index is -4.96. The molecule has 0 aliphatic heterocycles. The Morgan fingerprint density at radius 3 is 0.776 bits per heavy atom. The standard InChI is InChI=1S/C79H154O17P2/c1-7-10-12-14-16-18-20-22-24-26-28-30-32-34-39-43-51-57-63-78(83)95-74(67-89-76(81)61-55-49-42-38-33-31-29-27-25-23-21-19-17-15-13-11-8-2)69-93-97(85,86)91-65-73(80)66-92-98(87,88)94-70-75(68-90-77(82)62-56-50-46-45-48-54-60-72(6)9-3)96-79(84)64-58-52-44-40-36-35-37-41-47-53-59-71(4)5/h71-75,80H,7-70H2,1-6H3,(H,85,86)(H,87,88)/t72?,73-,74-,75-/m1/s1. The van der Waals surface area contributed by atoms with Crippen LogP contribution in [0.1, 0.15) is 414 Å². The van der Waals surface area contributed by atoms with Crippen LogP contribution in [0, 0.1) is 11.8 Å². The van der Waals surface area contributed by atoms with Crippen molar-refractivity contribution in [3.05, 3.63) is 0 Å². The Morgan fingerprint density at radius 2 is 0.520 bits per heavy atom. The van der Waals surface area contributed by atoms with Crippen LogP contribution in [0.25, 0.3) is 0 Å². The molecular formula is C79H154O17P2. The molecule has 98 heavy (non-hydrogen) atoms. The van der Waals surface area contributed by atoms with Gasteiger partial charge >= 0.3 is 39.5 Å². The van der Waals surface area contributed by atoms with Gasteiger partial charge in [-0.2, -0.15) is 0 Å². The number of hydrogen-bond acceptors (Lipinski definition) is 15. The Morgan fingerprint density at radius 1 is 0.296 bits per heavy atom. The van der Waals surface area contributed by atoms with Crippen molar-refractivity contribution in [2.45, 2.75) is 432 Å². The number of phosphoric ester groups is 2. The molecule has 0 aromatic rings.